The van der Waals surface area contributed by atoms with E-state index in [4.69, 9.17) is 0 Å². The number of nitrogens with one attached hydrogen (secondary N) is 1. The molecule has 2 aromatic carbocycles. The lowest BCUT2D eigenvalue weighted by molar-refractivity contribution is -0.120. The second-order valence-corrected chi connectivity index (χ2v) is 5.93. The van der Waals surface area contributed by atoms with Crippen LogP contribution in [0.1, 0.15) is 48.6 Å². The van der Waals surface area contributed by atoms with E-state index in [2.05, 4.69) is 56.4 Å². The van der Waals surface area contributed by atoms with Crippen molar-refractivity contribution in [2.45, 2.75) is 53.0 Å². The van der Waals surface area contributed by atoms with Crippen LogP contribution >= 0.6 is 0 Å². The van der Waals surface area contributed by atoms with Crippen LogP contribution < -0.4 is 5.32 Å². The Kier molecular flexibility index (Phi) is 6.40. The minimum Gasteiger partial charge on any atom is -0.352 e. The van der Waals surface area contributed by atoms with Crippen molar-refractivity contribution in [3.05, 3.63) is 70.3 Å². The molecule has 0 heterocycles. The monoisotopic (exact) mass is 309 g/mol. The third kappa shape index (κ3) is 4.95. The molecule has 1 N–H and O–H groups in total. The van der Waals surface area contributed by atoms with Gasteiger partial charge in [0.2, 0.25) is 5.91 Å². The molecule has 2 nitrogen and oxygen atoms in total. The molecule has 0 saturated carbocycles. The first-order chi connectivity index (χ1) is 11.2. The maximum Gasteiger partial charge on any atom is 0.224 e. The van der Waals surface area contributed by atoms with Crippen molar-refractivity contribution in [3.63, 3.8) is 0 Å². The highest BCUT2D eigenvalue weighted by Crippen LogP contribution is 2.14. The van der Waals surface area contributed by atoms with E-state index in [0.29, 0.717) is 13.0 Å². The third-order valence-corrected chi connectivity index (χ3v) is 4.33. The smallest absolute Gasteiger partial charge is 0.224 e. The van der Waals surface area contributed by atoms with Crippen molar-refractivity contribution in [1.82, 2.24) is 5.32 Å². The summed E-state index contributed by atoms with van der Waals surface area (Å²) in [5.41, 5.74) is 6.24. The molecule has 0 saturated heterocycles. The summed E-state index contributed by atoms with van der Waals surface area (Å²) in [6.45, 7) is 7.06. The Labute approximate surface area is 139 Å². The van der Waals surface area contributed by atoms with Gasteiger partial charge in [-0.2, -0.15) is 0 Å². The molecule has 0 spiro atoms. The highest BCUT2D eigenvalue weighted by molar-refractivity contribution is 5.78. The van der Waals surface area contributed by atoms with Gasteiger partial charge >= 0.3 is 0 Å². The molecule has 0 unspecified atom stereocenters. The van der Waals surface area contributed by atoms with Crippen molar-refractivity contribution in [2.75, 3.05) is 0 Å². The van der Waals surface area contributed by atoms with Gasteiger partial charge in [-0.05, 0) is 47.1 Å². The van der Waals surface area contributed by atoms with E-state index in [1.54, 1.807) is 0 Å². The van der Waals surface area contributed by atoms with Gasteiger partial charge in [0.1, 0.15) is 0 Å². The molecule has 0 aromatic heterocycles. The van der Waals surface area contributed by atoms with Crippen LogP contribution in [0.3, 0.4) is 0 Å². The molecule has 1 amide bonds. The molecular formula is C21H27NO. The molecule has 2 heteroatoms. The van der Waals surface area contributed by atoms with Crippen LogP contribution in [-0.4, -0.2) is 5.91 Å². The van der Waals surface area contributed by atoms with E-state index >= 15 is 0 Å². The zero-order valence-corrected chi connectivity index (χ0v) is 14.5. The second kappa shape index (κ2) is 8.52. The Morgan fingerprint density at radius 1 is 0.783 bits per heavy atom. The van der Waals surface area contributed by atoms with Gasteiger partial charge in [-0.1, -0.05) is 63.2 Å². The minimum atomic E-state index is 0.0817. The Balaban J connectivity index is 1.95. The average Bonchev–Trinajstić information content (AvgIpc) is 2.60. The minimum absolute atomic E-state index is 0.0817. The van der Waals surface area contributed by atoms with Gasteiger partial charge in [0.15, 0.2) is 0 Å². The molecular weight excluding hydrogens is 282 g/mol. The van der Waals surface area contributed by atoms with E-state index in [-0.39, 0.29) is 5.91 Å². The third-order valence-electron chi connectivity index (χ3n) is 4.33. The number of hydrogen-bond acceptors (Lipinski definition) is 1. The van der Waals surface area contributed by atoms with Crippen molar-refractivity contribution < 1.29 is 4.79 Å². The second-order valence-electron chi connectivity index (χ2n) is 5.93. The van der Waals surface area contributed by atoms with E-state index in [1.807, 2.05) is 12.1 Å². The average molecular weight is 309 g/mol. The number of benzene rings is 2. The number of rotatable bonds is 7. The molecule has 0 fully saturated rings. The molecule has 0 bridgehead atoms. The number of carbonyl (C=O) groups excluding carboxylic acids is 1. The van der Waals surface area contributed by atoms with Gasteiger partial charge < -0.3 is 5.32 Å². The summed E-state index contributed by atoms with van der Waals surface area (Å²) < 4.78 is 0. The maximum absolute atomic E-state index is 12.2. The lowest BCUT2D eigenvalue weighted by Crippen LogP contribution is -2.25. The zero-order valence-electron chi connectivity index (χ0n) is 14.5. The van der Waals surface area contributed by atoms with Crippen molar-refractivity contribution in [1.29, 1.82) is 0 Å². The SMILES string of the molecule is CCc1ccc(CC(=O)NCc2cc(CC)ccc2CC)cc1. The maximum atomic E-state index is 12.2. The quantitative estimate of drug-likeness (QED) is 0.814. The van der Waals surface area contributed by atoms with Crippen molar-refractivity contribution >= 4 is 5.91 Å². The van der Waals surface area contributed by atoms with Crippen molar-refractivity contribution in [2.24, 2.45) is 0 Å². The fourth-order valence-corrected chi connectivity index (χ4v) is 2.74. The first-order valence-corrected chi connectivity index (χ1v) is 8.61. The first-order valence-electron chi connectivity index (χ1n) is 8.61. The van der Waals surface area contributed by atoms with Gasteiger partial charge in [-0.25, -0.2) is 0 Å². The van der Waals surface area contributed by atoms with Crippen molar-refractivity contribution in [3.8, 4) is 0 Å². The Hall–Kier alpha value is -2.09. The molecule has 0 radical (unpaired) electrons. The molecule has 0 aliphatic carbocycles. The summed E-state index contributed by atoms with van der Waals surface area (Å²) in [4.78, 5) is 12.2. The Bertz CT molecular complexity index is 643. The zero-order chi connectivity index (χ0) is 16.7. The molecule has 0 aliphatic rings. The Morgan fingerprint density at radius 3 is 2.00 bits per heavy atom. The van der Waals surface area contributed by atoms with E-state index in [0.717, 1.165) is 24.8 Å². The summed E-state index contributed by atoms with van der Waals surface area (Å²) in [7, 11) is 0. The number of hydrogen-bond donors (Lipinski definition) is 1. The number of carbonyl (C=O) groups is 1. The summed E-state index contributed by atoms with van der Waals surface area (Å²) in [6.07, 6.45) is 3.49. The fraction of sp³-hybridized carbons (Fsp3) is 0.381. The standard InChI is InChI=1S/C21H27NO/c1-4-16-7-9-18(10-8-16)14-21(23)22-15-20-13-17(5-2)11-12-19(20)6-3/h7-13H,4-6,14-15H2,1-3H3,(H,22,23). The molecule has 0 aliphatic heterocycles. The lowest BCUT2D eigenvalue weighted by atomic mass is 10.0. The predicted molar refractivity (Wildman–Crippen MR) is 96.6 cm³/mol. The molecule has 0 atom stereocenters. The molecule has 122 valence electrons. The number of aryl methyl sites for hydroxylation is 3. The largest absolute Gasteiger partial charge is 0.352 e. The van der Waals surface area contributed by atoms with Crippen LogP contribution in [-0.2, 0) is 37.0 Å². The first kappa shape index (κ1) is 17.3. The molecule has 23 heavy (non-hydrogen) atoms. The van der Waals surface area contributed by atoms with Gasteiger partial charge in [0.05, 0.1) is 6.42 Å². The topological polar surface area (TPSA) is 29.1 Å². The van der Waals surface area contributed by atoms with E-state index in [1.165, 1.54) is 22.3 Å². The van der Waals surface area contributed by atoms with Gasteiger partial charge in [-0.3, -0.25) is 4.79 Å². The van der Waals surface area contributed by atoms with Crippen LogP contribution in [0.5, 0.6) is 0 Å². The van der Waals surface area contributed by atoms with E-state index < -0.39 is 0 Å². The summed E-state index contributed by atoms with van der Waals surface area (Å²) in [6, 6.07) is 14.9. The summed E-state index contributed by atoms with van der Waals surface area (Å²) in [5.74, 6) is 0.0817. The number of amides is 1. The summed E-state index contributed by atoms with van der Waals surface area (Å²) >= 11 is 0. The van der Waals surface area contributed by atoms with Crippen LogP contribution in [0.4, 0.5) is 0 Å². The molecule has 2 aromatic rings. The highest BCUT2D eigenvalue weighted by Gasteiger charge is 2.06. The van der Waals surface area contributed by atoms with E-state index in [9.17, 15) is 4.79 Å². The van der Waals surface area contributed by atoms with Crippen LogP contribution in [0, 0.1) is 0 Å². The lowest BCUT2D eigenvalue weighted by Gasteiger charge is -2.11. The van der Waals surface area contributed by atoms with Crippen LogP contribution in [0.25, 0.3) is 0 Å². The van der Waals surface area contributed by atoms with Crippen LogP contribution in [0.15, 0.2) is 42.5 Å². The van der Waals surface area contributed by atoms with Gasteiger partial charge in [-0.15, -0.1) is 0 Å². The normalized spacial score (nSPS) is 10.6. The highest BCUT2D eigenvalue weighted by atomic mass is 16.1. The van der Waals surface area contributed by atoms with Crippen LogP contribution in [0.2, 0.25) is 0 Å². The Morgan fingerprint density at radius 2 is 1.39 bits per heavy atom. The van der Waals surface area contributed by atoms with Gasteiger partial charge in [0, 0.05) is 6.54 Å². The fourth-order valence-electron chi connectivity index (χ4n) is 2.74. The predicted octanol–water partition coefficient (Wildman–Crippen LogP) is 4.23. The molecule has 2 rings (SSSR count). The van der Waals surface area contributed by atoms with Gasteiger partial charge in [0.25, 0.3) is 0 Å². The summed E-state index contributed by atoms with van der Waals surface area (Å²) in [5, 5.41) is 3.06.